The number of carbonyl (C=O) groups is 3. The van der Waals surface area contributed by atoms with Gasteiger partial charge in [-0.25, -0.2) is 0 Å². The summed E-state index contributed by atoms with van der Waals surface area (Å²) >= 11 is 1.38. The smallest absolute Gasteiger partial charge is 0.195 e. The number of Topliss-reactive ketones (excluding diaryl/α,β-unsaturated/α-hetero) is 3. The van der Waals surface area contributed by atoms with Crippen molar-refractivity contribution in [2.45, 2.75) is 18.0 Å². The van der Waals surface area contributed by atoms with E-state index in [9.17, 15) is 14.4 Å². The number of aromatic nitrogens is 1. The molecule has 1 spiro atoms. The number of para-hydroxylation sites is 1. The number of hydrogen-bond acceptors (Lipinski definition) is 6. The molecule has 0 bridgehead atoms. The quantitative estimate of drug-likeness (QED) is 0.283. The second-order valence-corrected chi connectivity index (χ2v) is 10.3. The summed E-state index contributed by atoms with van der Waals surface area (Å²) in [6.45, 7) is 0. The number of benzene rings is 2. The lowest BCUT2D eigenvalue weighted by Crippen LogP contribution is -2.48. The highest BCUT2D eigenvalue weighted by atomic mass is 32.1. The molecule has 6 heteroatoms. The summed E-state index contributed by atoms with van der Waals surface area (Å²) in [5.41, 5.74) is 1.88. The number of hydrogen-bond donors (Lipinski definition) is 0. The highest BCUT2D eigenvalue weighted by Crippen LogP contribution is 2.60. The van der Waals surface area contributed by atoms with E-state index >= 15 is 0 Å². The first-order valence-corrected chi connectivity index (χ1v) is 12.7. The molecule has 36 heavy (non-hydrogen) atoms. The molecule has 2 aromatic carbocycles. The molecule has 3 atom stereocenters. The topological polar surface area (TPSA) is 67.3 Å². The molecule has 1 aliphatic carbocycles. The maximum atomic E-state index is 14.4. The number of nitrogens with zero attached hydrogens (tertiary/aromatic N) is 2. The van der Waals surface area contributed by atoms with Gasteiger partial charge in [0.15, 0.2) is 17.3 Å². The Hall–Kier alpha value is -4.16. The summed E-state index contributed by atoms with van der Waals surface area (Å²) in [6.07, 6.45) is 7.27. The highest BCUT2D eigenvalue weighted by Gasteiger charge is 2.71. The van der Waals surface area contributed by atoms with Crippen molar-refractivity contribution < 1.29 is 14.4 Å². The third kappa shape index (κ3) is 2.59. The molecule has 4 heterocycles. The molecule has 0 N–H and O–H groups in total. The monoisotopic (exact) mass is 488 g/mol. The van der Waals surface area contributed by atoms with Gasteiger partial charge in [0, 0.05) is 35.1 Å². The minimum atomic E-state index is -1.48. The lowest BCUT2D eigenvalue weighted by molar-refractivity contribution is 0.0666. The Kier molecular flexibility index (Phi) is 4.51. The van der Waals surface area contributed by atoms with Crippen LogP contribution < -0.4 is 4.90 Å². The van der Waals surface area contributed by atoms with Crippen LogP contribution >= 0.6 is 11.3 Å². The van der Waals surface area contributed by atoms with Crippen LogP contribution in [0.15, 0.2) is 96.6 Å². The Morgan fingerprint density at radius 3 is 2.33 bits per heavy atom. The molecule has 3 aliphatic rings. The van der Waals surface area contributed by atoms with E-state index in [0.29, 0.717) is 21.6 Å². The van der Waals surface area contributed by atoms with Crippen LogP contribution in [0, 0.1) is 5.41 Å². The number of carbonyl (C=O) groups excluding carboxylic acids is 3. The van der Waals surface area contributed by atoms with E-state index < -0.39 is 23.4 Å². The molecule has 5 nitrogen and oxygen atoms in total. The zero-order valence-electron chi connectivity index (χ0n) is 19.1. The first-order valence-electron chi connectivity index (χ1n) is 11.9. The minimum absolute atomic E-state index is 0.0950. The van der Waals surface area contributed by atoms with Crippen molar-refractivity contribution in [3.63, 3.8) is 0 Å². The van der Waals surface area contributed by atoms with E-state index in [4.69, 9.17) is 0 Å². The van der Waals surface area contributed by atoms with E-state index in [2.05, 4.69) is 4.98 Å². The fraction of sp³-hybridized carbons (Fsp3) is 0.133. The number of fused-ring (bicyclic) bond motifs is 5. The van der Waals surface area contributed by atoms with Crippen LogP contribution in [0.25, 0.3) is 6.08 Å². The van der Waals surface area contributed by atoms with Crippen LogP contribution in [0.1, 0.15) is 47.4 Å². The molecular weight excluding hydrogens is 468 g/mol. The maximum absolute atomic E-state index is 14.4. The Bertz CT molecular complexity index is 1540. The van der Waals surface area contributed by atoms with Crippen molar-refractivity contribution in [2.24, 2.45) is 5.41 Å². The standard InChI is InChI=1S/C30H20N2O3S/c33-27(23-12-6-16-36-23)26-25(19-8-5-15-31-17-19)30(28(34)20-9-2-3-10-21(20)29(30)35)24-14-13-18-7-1-4-11-22(18)32(24)26/h1-17,24-26H/t24-,25+,26-/m0/s1. The predicted molar refractivity (Wildman–Crippen MR) is 139 cm³/mol. The first kappa shape index (κ1) is 21.1. The van der Waals surface area contributed by atoms with E-state index in [1.807, 2.05) is 64.9 Å². The van der Waals surface area contributed by atoms with Crippen LogP contribution in [0.2, 0.25) is 0 Å². The van der Waals surface area contributed by atoms with Gasteiger partial charge in [-0.1, -0.05) is 66.7 Å². The molecule has 0 saturated carbocycles. The Morgan fingerprint density at radius 2 is 1.64 bits per heavy atom. The summed E-state index contributed by atoms with van der Waals surface area (Å²) in [6, 6.07) is 20.8. The number of pyridine rings is 1. The van der Waals surface area contributed by atoms with Crippen LogP contribution in [0.4, 0.5) is 5.69 Å². The van der Waals surface area contributed by atoms with Crippen LogP contribution in [0.3, 0.4) is 0 Å². The maximum Gasteiger partial charge on any atom is 0.195 e. The van der Waals surface area contributed by atoms with Gasteiger partial charge in [0.25, 0.3) is 0 Å². The zero-order valence-corrected chi connectivity index (χ0v) is 19.9. The van der Waals surface area contributed by atoms with Crippen molar-refractivity contribution in [2.75, 3.05) is 4.90 Å². The van der Waals surface area contributed by atoms with Gasteiger partial charge in [-0.3, -0.25) is 19.4 Å². The fourth-order valence-electron chi connectivity index (χ4n) is 6.41. The Morgan fingerprint density at radius 1 is 0.889 bits per heavy atom. The number of anilines is 1. The van der Waals surface area contributed by atoms with E-state index in [1.165, 1.54) is 11.3 Å². The second kappa shape index (κ2) is 7.67. The summed E-state index contributed by atoms with van der Waals surface area (Å²) in [5.74, 6) is -1.26. The van der Waals surface area contributed by atoms with Gasteiger partial charge in [-0.2, -0.15) is 0 Å². The predicted octanol–water partition coefficient (Wildman–Crippen LogP) is 5.46. The number of ketones is 3. The lowest BCUT2D eigenvalue weighted by Gasteiger charge is -2.37. The molecule has 0 radical (unpaired) electrons. The molecule has 1 fully saturated rings. The lowest BCUT2D eigenvalue weighted by atomic mass is 9.64. The molecule has 0 amide bonds. The minimum Gasteiger partial charge on any atom is -0.352 e. The fourth-order valence-corrected chi connectivity index (χ4v) is 7.11. The zero-order chi connectivity index (χ0) is 24.4. The van der Waals surface area contributed by atoms with Gasteiger partial charge >= 0.3 is 0 Å². The molecule has 2 aliphatic heterocycles. The molecule has 0 unspecified atom stereocenters. The average molecular weight is 489 g/mol. The van der Waals surface area contributed by atoms with Gasteiger partial charge in [0.05, 0.1) is 10.9 Å². The van der Waals surface area contributed by atoms with Crippen LogP contribution in [0.5, 0.6) is 0 Å². The van der Waals surface area contributed by atoms with Gasteiger partial charge in [-0.05, 0) is 34.7 Å². The summed E-state index contributed by atoms with van der Waals surface area (Å²) in [7, 11) is 0. The molecule has 7 rings (SSSR count). The third-order valence-corrected chi connectivity index (χ3v) is 8.67. The highest BCUT2D eigenvalue weighted by molar-refractivity contribution is 7.12. The van der Waals surface area contributed by atoms with E-state index in [-0.39, 0.29) is 17.3 Å². The largest absolute Gasteiger partial charge is 0.352 e. The van der Waals surface area contributed by atoms with Gasteiger partial charge in [0.1, 0.15) is 11.5 Å². The van der Waals surface area contributed by atoms with Crippen molar-refractivity contribution in [1.82, 2.24) is 4.98 Å². The van der Waals surface area contributed by atoms with Crippen molar-refractivity contribution in [3.8, 4) is 0 Å². The van der Waals surface area contributed by atoms with Gasteiger partial charge < -0.3 is 4.90 Å². The van der Waals surface area contributed by atoms with E-state index in [0.717, 1.165) is 11.3 Å². The second-order valence-electron chi connectivity index (χ2n) is 9.39. The van der Waals surface area contributed by atoms with Crippen molar-refractivity contribution in [3.05, 3.63) is 124 Å². The third-order valence-electron chi connectivity index (χ3n) is 7.79. The molecule has 4 aromatic rings. The molecule has 1 saturated heterocycles. The first-order chi connectivity index (χ1) is 17.6. The molecule has 2 aromatic heterocycles. The summed E-state index contributed by atoms with van der Waals surface area (Å²) in [4.78, 5) is 50.1. The number of rotatable bonds is 3. The SMILES string of the molecule is O=C(c1cccs1)[C@@H]1[C@@H](c2cccnc2)C2(C(=O)c3ccccc3C2=O)[C@@H]2C=Cc3ccccc3N12. The summed E-state index contributed by atoms with van der Waals surface area (Å²) in [5, 5.41) is 1.88. The Balaban J connectivity index is 1.56. The average Bonchev–Trinajstić information content (AvgIpc) is 3.63. The van der Waals surface area contributed by atoms with Crippen LogP contribution in [-0.4, -0.2) is 34.4 Å². The Labute approximate surface area is 211 Å². The normalized spacial score (nSPS) is 23.0. The molecular formula is C30H20N2O3S. The van der Waals surface area contributed by atoms with Crippen molar-refractivity contribution in [1.29, 1.82) is 0 Å². The number of thiophene rings is 1. The van der Waals surface area contributed by atoms with E-state index in [1.54, 1.807) is 42.7 Å². The summed E-state index contributed by atoms with van der Waals surface area (Å²) < 4.78 is 0. The molecule has 174 valence electrons. The van der Waals surface area contributed by atoms with Crippen molar-refractivity contribution >= 4 is 40.4 Å². The van der Waals surface area contributed by atoms with Gasteiger partial charge in [-0.15, -0.1) is 11.3 Å². The van der Waals surface area contributed by atoms with Gasteiger partial charge in [0.2, 0.25) is 0 Å². The van der Waals surface area contributed by atoms with Crippen LogP contribution in [-0.2, 0) is 0 Å².